The monoisotopic (exact) mass is 241 g/mol. The van der Waals surface area contributed by atoms with Gasteiger partial charge in [0.1, 0.15) is 5.60 Å². The summed E-state index contributed by atoms with van der Waals surface area (Å²) >= 11 is 0. The molecule has 1 aliphatic carbocycles. The molecule has 1 unspecified atom stereocenters. The summed E-state index contributed by atoms with van der Waals surface area (Å²) in [5.41, 5.74) is -0.523. The molecular formula is C12H19NO4. The van der Waals surface area contributed by atoms with Crippen molar-refractivity contribution in [2.45, 2.75) is 57.9 Å². The van der Waals surface area contributed by atoms with Gasteiger partial charge in [0.2, 0.25) is 0 Å². The lowest BCUT2D eigenvalue weighted by atomic mass is 10.1. The van der Waals surface area contributed by atoms with Crippen LogP contribution >= 0.6 is 0 Å². The second-order valence-corrected chi connectivity index (χ2v) is 5.74. The Bertz CT molecular complexity index is 323. The molecule has 0 spiro atoms. The minimum atomic E-state index is -0.523. The number of amides is 1. The van der Waals surface area contributed by atoms with Crippen LogP contribution in [0, 0.1) is 5.92 Å². The van der Waals surface area contributed by atoms with Gasteiger partial charge in [-0.3, -0.25) is 9.69 Å². The normalized spacial score (nSPS) is 31.5. The van der Waals surface area contributed by atoms with Gasteiger partial charge in [-0.1, -0.05) is 0 Å². The maximum atomic E-state index is 12.0. The van der Waals surface area contributed by atoms with Crippen molar-refractivity contribution in [1.29, 1.82) is 0 Å². The summed E-state index contributed by atoms with van der Waals surface area (Å²) in [6.07, 6.45) is 2.10. The van der Waals surface area contributed by atoms with E-state index in [1.165, 1.54) is 0 Å². The first-order valence-corrected chi connectivity index (χ1v) is 6.03. The van der Waals surface area contributed by atoms with E-state index in [9.17, 15) is 9.59 Å². The van der Waals surface area contributed by atoms with Crippen molar-refractivity contribution in [3.05, 3.63) is 0 Å². The average Bonchev–Trinajstić information content (AvgIpc) is 2.75. The summed E-state index contributed by atoms with van der Waals surface area (Å²) in [4.78, 5) is 24.1. The number of likely N-dealkylation sites (tertiary alicyclic amines) is 1. The smallest absolute Gasteiger partial charge is 0.413 e. The van der Waals surface area contributed by atoms with Crippen LogP contribution in [0.2, 0.25) is 0 Å². The second kappa shape index (κ2) is 4.20. The van der Waals surface area contributed by atoms with Crippen molar-refractivity contribution in [3.63, 3.8) is 0 Å². The first-order chi connectivity index (χ1) is 7.92. The topological polar surface area (TPSA) is 55.8 Å². The fraction of sp³-hybridized carbons (Fsp3) is 0.833. The number of fused-ring (bicyclic) bond motifs is 2. The number of carbonyl (C=O) groups is 2. The molecule has 96 valence electrons. The van der Waals surface area contributed by atoms with Crippen molar-refractivity contribution in [2.75, 3.05) is 0 Å². The molecular weight excluding hydrogens is 222 g/mol. The van der Waals surface area contributed by atoms with Gasteiger partial charge >= 0.3 is 6.09 Å². The van der Waals surface area contributed by atoms with Crippen LogP contribution in [0.25, 0.3) is 0 Å². The van der Waals surface area contributed by atoms with Crippen LogP contribution in [0.3, 0.4) is 0 Å². The minimum absolute atomic E-state index is 0.166. The van der Waals surface area contributed by atoms with Gasteiger partial charge in [-0.05, 0) is 40.0 Å². The largest absolute Gasteiger partial charge is 0.444 e. The van der Waals surface area contributed by atoms with Gasteiger partial charge in [0, 0.05) is 12.0 Å². The summed E-state index contributed by atoms with van der Waals surface area (Å²) in [6, 6.07) is 0.166. The molecule has 0 aromatic heterocycles. The van der Waals surface area contributed by atoms with Crippen LogP contribution in [-0.2, 0) is 14.3 Å². The van der Waals surface area contributed by atoms with E-state index in [4.69, 9.17) is 9.47 Å². The molecule has 1 saturated heterocycles. The number of carbonyl (C=O) groups excluding carboxylic acids is 2. The molecule has 0 aromatic carbocycles. The number of hydrogen-bond donors (Lipinski definition) is 0. The molecule has 3 atom stereocenters. The molecule has 0 N–H and O–H groups in total. The van der Waals surface area contributed by atoms with E-state index in [0.717, 1.165) is 19.3 Å². The third-order valence-corrected chi connectivity index (χ3v) is 3.32. The van der Waals surface area contributed by atoms with Gasteiger partial charge in [0.25, 0.3) is 6.47 Å². The Balaban J connectivity index is 2.07. The van der Waals surface area contributed by atoms with Crippen molar-refractivity contribution in [1.82, 2.24) is 4.90 Å². The lowest BCUT2D eigenvalue weighted by Gasteiger charge is -2.34. The zero-order valence-electron chi connectivity index (χ0n) is 10.5. The van der Waals surface area contributed by atoms with Gasteiger partial charge in [0.15, 0.2) is 6.23 Å². The van der Waals surface area contributed by atoms with E-state index in [2.05, 4.69) is 0 Å². The molecule has 0 aromatic rings. The fourth-order valence-corrected chi connectivity index (χ4v) is 2.74. The van der Waals surface area contributed by atoms with E-state index in [0.29, 0.717) is 6.47 Å². The molecule has 2 rings (SSSR count). The first-order valence-electron chi connectivity index (χ1n) is 6.03. The highest BCUT2D eigenvalue weighted by molar-refractivity contribution is 5.69. The van der Waals surface area contributed by atoms with Crippen LogP contribution in [0.4, 0.5) is 4.79 Å². The van der Waals surface area contributed by atoms with E-state index < -0.39 is 11.8 Å². The molecule has 1 aliphatic heterocycles. The molecule has 5 heteroatoms. The molecule has 17 heavy (non-hydrogen) atoms. The summed E-state index contributed by atoms with van der Waals surface area (Å²) in [7, 11) is 0. The van der Waals surface area contributed by atoms with Crippen LogP contribution in [0.1, 0.15) is 40.0 Å². The van der Waals surface area contributed by atoms with Crippen LogP contribution in [0.15, 0.2) is 0 Å². The maximum absolute atomic E-state index is 12.0. The van der Waals surface area contributed by atoms with Crippen LogP contribution < -0.4 is 0 Å². The highest BCUT2D eigenvalue weighted by atomic mass is 16.6. The highest BCUT2D eigenvalue weighted by Crippen LogP contribution is 2.43. The molecule has 2 fully saturated rings. The fourth-order valence-electron chi connectivity index (χ4n) is 2.74. The Morgan fingerprint density at radius 3 is 2.65 bits per heavy atom. The van der Waals surface area contributed by atoms with Gasteiger partial charge in [-0.15, -0.1) is 0 Å². The van der Waals surface area contributed by atoms with Crippen LogP contribution in [0.5, 0.6) is 0 Å². The van der Waals surface area contributed by atoms with E-state index in [1.54, 1.807) is 4.90 Å². The number of ether oxygens (including phenoxy) is 2. The number of piperidine rings is 1. The summed E-state index contributed by atoms with van der Waals surface area (Å²) < 4.78 is 10.4. The van der Waals surface area contributed by atoms with Crippen LogP contribution in [-0.4, -0.2) is 35.3 Å². The average molecular weight is 241 g/mol. The first kappa shape index (κ1) is 12.2. The lowest BCUT2D eigenvalue weighted by Crippen LogP contribution is -2.48. The third-order valence-electron chi connectivity index (χ3n) is 3.32. The minimum Gasteiger partial charge on any atom is -0.444 e. The third kappa shape index (κ3) is 2.37. The van der Waals surface area contributed by atoms with Crippen molar-refractivity contribution in [3.8, 4) is 0 Å². The molecule has 2 aliphatic rings. The van der Waals surface area contributed by atoms with E-state index in [-0.39, 0.29) is 18.1 Å². The zero-order chi connectivity index (χ0) is 12.6. The van der Waals surface area contributed by atoms with Crippen molar-refractivity contribution < 1.29 is 19.1 Å². The summed E-state index contributed by atoms with van der Waals surface area (Å²) in [6.45, 7) is 5.90. The molecule has 5 nitrogen and oxygen atoms in total. The zero-order valence-corrected chi connectivity index (χ0v) is 10.5. The van der Waals surface area contributed by atoms with Crippen molar-refractivity contribution >= 4 is 12.6 Å². The molecule has 2 bridgehead atoms. The van der Waals surface area contributed by atoms with E-state index >= 15 is 0 Å². The standard InChI is InChI=1S/C12H19NO4/c1-12(2,3)17-11(15)13-9-5-4-8(6-9)10(13)16-7-14/h7-10H,4-6H2,1-3H3/t8-,9+,10?/m0/s1. The van der Waals surface area contributed by atoms with Crippen molar-refractivity contribution in [2.24, 2.45) is 5.92 Å². The molecule has 1 heterocycles. The number of nitrogens with zero attached hydrogens (tertiary/aromatic N) is 1. The molecule has 1 saturated carbocycles. The Labute approximate surface area is 101 Å². The summed E-state index contributed by atoms with van der Waals surface area (Å²) in [5, 5.41) is 0. The quantitative estimate of drug-likeness (QED) is 0.693. The summed E-state index contributed by atoms with van der Waals surface area (Å²) in [5.74, 6) is 0.276. The number of hydrogen-bond acceptors (Lipinski definition) is 4. The predicted molar refractivity (Wildman–Crippen MR) is 60.1 cm³/mol. The Kier molecular flexibility index (Phi) is 3.02. The lowest BCUT2D eigenvalue weighted by molar-refractivity contribution is -0.146. The van der Waals surface area contributed by atoms with Gasteiger partial charge < -0.3 is 9.47 Å². The number of rotatable bonds is 2. The highest BCUT2D eigenvalue weighted by Gasteiger charge is 2.50. The van der Waals surface area contributed by atoms with Gasteiger partial charge in [-0.25, -0.2) is 4.79 Å². The molecule has 1 amide bonds. The van der Waals surface area contributed by atoms with Gasteiger partial charge in [-0.2, -0.15) is 0 Å². The molecule has 0 radical (unpaired) electrons. The predicted octanol–water partition coefficient (Wildman–Crippen LogP) is 1.90. The van der Waals surface area contributed by atoms with E-state index in [1.807, 2.05) is 20.8 Å². The second-order valence-electron chi connectivity index (χ2n) is 5.74. The Hall–Kier alpha value is -1.26. The maximum Gasteiger partial charge on any atom is 0.413 e. The SMILES string of the molecule is CC(C)(C)OC(=O)N1C(OC=O)[C@H]2CC[C@@H]1C2. The Morgan fingerprint density at radius 2 is 2.06 bits per heavy atom. The Morgan fingerprint density at radius 1 is 1.35 bits per heavy atom. The van der Waals surface area contributed by atoms with Gasteiger partial charge in [0.05, 0.1) is 0 Å².